The number of nitrogens with zero attached hydrogens (tertiary/aromatic N) is 1. The first-order valence-electron chi connectivity index (χ1n) is 9.53. The average Bonchev–Trinajstić information content (AvgIpc) is 2.85. The second-order valence-corrected chi connectivity index (χ2v) is 9.33. The number of allylic oxidation sites excluding steroid dienone is 1. The molecule has 4 aliphatic carbocycles. The summed E-state index contributed by atoms with van der Waals surface area (Å²) in [6, 6.07) is 2.63. The minimum atomic E-state index is 0.242. The summed E-state index contributed by atoms with van der Waals surface area (Å²) in [5.74, 6) is 3.46. The highest BCUT2D eigenvalue weighted by Crippen LogP contribution is 2.67. The largest absolute Gasteiger partial charge is 0.295 e. The van der Waals surface area contributed by atoms with E-state index in [9.17, 15) is 10.1 Å². The zero-order valence-electron chi connectivity index (χ0n) is 14.8. The first kappa shape index (κ1) is 15.4. The summed E-state index contributed by atoms with van der Waals surface area (Å²) in [5, 5.41) is 9.60. The summed E-state index contributed by atoms with van der Waals surface area (Å²) >= 11 is 0. The van der Waals surface area contributed by atoms with E-state index in [0.717, 1.165) is 43.4 Å². The highest BCUT2D eigenvalue weighted by atomic mass is 16.1. The molecule has 0 aromatic rings. The predicted molar refractivity (Wildman–Crippen MR) is 90.4 cm³/mol. The van der Waals surface area contributed by atoms with Crippen molar-refractivity contribution in [2.75, 3.05) is 0 Å². The molecule has 23 heavy (non-hydrogen) atoms. The lowest BCUT2D eigenvalue weighted by atomic mass is 9.45. The Balaban J connectivity index is 1.73. The van der Waals surface area contributed by atoms with Crippen molar-refractivity contribution in [3.8, 4) is 6.07 Å². The van der Waals surface area contributed by atoms with E-state index in [0.29, 0.717) is 11.7 Å². The number of ketones is 1. The normalized spacial score (nSPS) is 52.0. The van der Waals surface area contributed by atoms with E-state index in [4.69, 9.17) is 0 Å². The second kappa shape index (κ2) is 4.95. The number of fused-ring (bicyclic) bond motifs is 5. The maximum absolute atomic E-state index is 11.9. The van der Waals surface area contributed by atoms with Crippen LogP contribution < -0.4 is 0 Å². The topological polar surface area (TPSA) is 40.9 Å². The molecule has 2 unspecified atom stereocenters. The van der Waals surface area contributed by atoms with Crippen LogP contribution in [0.1, 0.15) is 65.7 Å². The van der Waals surface area contributed by atoms with E-state index in [2.05, 4.69) is 26.8 Å². The second-order valence-electron chi connectivity index (χ2n) is 9.33. The van der Waals surface area contributed by atoms with E-state index < -0.39 is 0 Å². The highest BCUT2D eigenvalue weighted by Gasteiger charge is 2.60. The van der Waals surface area contributed by atoms with Crippen molar-refractivity contribution < 1.29 is 4.79 Å². The molecule has 0 saturated heterocycles. The Morgan fingerprint density at radius 2 is 1.96 bits per heavy atom. The third-order valence-electron chi connectivity index (χ3n) is 8.47. The Bertz CT molecular complexity index is 614. The summed E-state index contributed by atoms with van der Waals surface area (Å²) in [7, 11) is 0. The zero-order chi connectivity index (χ0) is 16.4. The van der Waals surface area contributed by atoms with Crippen molar-refractivity contribution in [1.82, 2.24) is 0 Å². The molecule has 0 radical (unpaired) electrons. The fourth-order valence-corrected chi connectivity index (χ4v) is 7.12. The Morgan fingerprint density at radius 1 is 1.17 bits per heavy atom. The molecular weight excluding hydrogens is 282 g/mol. The summed E-state index contributed by atoms with van der Waals surface area (Å²) in [5.41, 5.74) is 1.93. The van der Waals surface area contributed by atoms with Crippen LogP contribution in [0.15, 0.2) is 11.6 Å². The van der Waals surface area contributed by atoms with Gasteiger partial charge in [0, 0.05) is 6.42 Å². The van der Waals surface area contributed by atoms with Gasteiger partial charge in [-0.25, -0.2) is 0 Å². The molecule has 0 N–H and O–H groups in total. The van der Waals surface area contributed by atoms with Gasteiger partial charge in [0.15, 0.2) is 5.78 Å². The van der Waals surface area contributed by atoms with Gasteiger partial charge in [-0.15, -0.1) is 0 Å². The van der Waals surface area contributed by atoms with Crippen LogP contribution >= 0.6 is 0 Å². The van der Waals surface area contributed by atoms with Gasteiger partial charge in [-0.3, -0.25) is 4.79 Å². The van der Waals surface area contributed by atoms with Crippen LogP contribution in [0.3, 0.4) is 0 Å². The molecule has 0 spiro atoms. The Labute approximate surface area is 140 Å². The van der Waals surface area contributed by atoms with Gasteiger partial charge in [0.2, 0.25) is 0 Å². The minimum absolute atomic E-state index is 0.242. The molecule has 124 valence electrons. The molecule has 4 aliphatic rings. The van der Waals surface area contributed by atoms with Crippen molar-refractivity contribution in [2.45, 2.75) is 65.7 Å². The number of hydrogen-bond donors (Lipinski definition) is 0. The highest BCUT2D eigenvalue weighted by molar-refractivity contribution is 5.91. The molecule has 0 bridgehead atoms. The van der Waals surface area contributed by atoms with Gasteiger partial charge in [-0.05, 0) is 79.1 Å². The monoisotopic (exact) mass is 311 g/mol. The molecule has 0 aromatic heterocycles. The van der Waals surface area contributed by atoms with Gasteiger partial charge in [0.25, 0.3) is 0 Å². The predicted octanol–water partition coefficient (Wildman–Crippen LogP) is 4.90. The number of nitriles is 1. The minimum Gasteiger partial charge on any atom is -0.295 e. The SMILES string of the molecule is CC1CC2=CC(=O)CC[C@]2(C)[C@@H]2CC[C@]3(C)C(C#N)CC[C@H]3[C@H]12. The van der Waals surface area contributed by atoms with Crippen molar-refractivity contribution in [2.24, 2.45) is 40.4 Å². The molecule has 7 atom stereocenters. The molecule has 3 fully saturated rings. The maximum atomic E-state index is 11.9. The van der Waals surface area contributed by atoms with Gasteiger partial charge >= 0.3 is 0 Å². The lowest BCUT2D eigenvalue weighted by Crippen LogP contribution is -2.53. The molecule has 4 rings (SSSR count). The number of carbonyl (C=O) groups is 1. The van der Waals surface area contributed by atoms with E-state index in [1.54, 1.807) is 0 Å². The zero-order valence-corrected chi connectivity index (χ0v) is 14.8. The van der Waals surface area contributed by atoms with Gasteiger partial charge in [0.1, 0.15) is 0 Å². The fraction of sp³-hybridized carbons (Fsp3) is 0.810. The van der Waals surface area contributed by atoms with E-state index in [1.807, 2.05) is 6.08 Å². The number of carbonyl (C=O) groups excluding carboxylic acids is 1. The van der Waals surface area contributed by atoms with Gasteiger partial charge in [0.05, 0.1) is 12.0 Å². The van der Waals surface area contributed by atoms with Crippen LogP contribution in [-0.4, -0.2) is 5.78 Å². The average molecular weight is 311 g/mol. The van der Waals surface area contributed by atoms with Crippen LogP contribution in [-0.2, 0) is 4.79 Å². The molecule has 0 aromatic carbocycles. The van der Waals surface area contributed by atoms with E-state index >= 15 is 0 Å². The standard InChI is InChI=1S/C21H29NO/c1-13-10-15-11-16(23)6-8-21(15,3)18-7-9-20(2)14(12-22)4-5-17(20)19(13)18/h11,13-14,17-19H,4-10H2,1-3H3/t13?,14?,17-,18+,19-,20+,21-/m0/s1. The van der Waals surface area contributed by atoms with Crippen LogP contribution in [0.4, 0.5) is 0 Å². The van der Waals surface area contributed by atoms with Crippen LogP contribution in [0, 0.1) is 51.8 Å². The van der Waals surface area contributed by atoms with Crippen LogP contribution in [0.25, 0.3) is 0 Å². The molecule has 0 aliphatic heterocycles. The van der Waals surface area contributed by atoms with Gasteiger partial charge in [-0.2, -0.15) is 5.26 Å². The molecule has 0 heterocycles. The first-order valence-corrected chi connectivity index (χ1v) is 9.53. The van der Waals surface area contributed by atoms with Crippen LogP contribution in [0.5, 0.6) is 0 Å². The lowest BCUT2D eigenvalue weighted by Gasteiger charge is -2.59. The molecule has 2 heteroatoms. The van der Waals surface area contributed by atoms with Gasteiger partial charge in [-0.1, -0.05) is 26.3 Å². The molecule has 2 nitrogen and oxygen atoms in total. The maximum Gasteiger partial charge on any atom is 0.155 e. The van der Waals surface area contributed by atoms with Crippen molar-refractivity contribution in [3.05, 3.63) is 11.6 Å². The van der Waals surface area contributed by atoms with Crippen LogP contribution in [0.2, 0.25) is 0 Å². The fourth-order valence-electron chi connectivity index (χ4n) is 7.12. The number of hydrogen-bond acceptors (Lipinski definition) is 2. The summed E-state index contributed by atoms with van der Waals surface area (Å²) in [6.45, 7) is 7.25. The van der Waals surface area contributed by atoms with Crippen molar-refractivity contribution in [3.63, 3.8) is 0 Å². The summed E-state index contributed by atoms with van der Waals surface area (Å²) < 4.78 is 0. The van der Waals surface area contributed by atoms with Crippen molar-refractivity contribution >= 4 is 5.78 Å². The summed E-state index contributed by atoms with van der Waals surface area (Å²) in [4.78, 5) is 11.9. The molecule has 3 saturated carbocycles. The summed E-state index contributed by atoms with van der Waals surface area (Å²) in [6.07, 6.45) is 9.70. The van der Waals surface area contributed by atoms with E-state index in [1.165, 1.54) is 24.8 Å². The van der Waals surface area contributed by atoms with Gasteiger partial charge < -0.3 is 0 Å². The Morgan fingerprint density at radius 3 is 2.70 bits per heavy atom. The third kappa shape index (κ3) is 1.95. The molecular formula is C21H29NO. The molecule has 0 amide bonds. The Kier molecular flexibility index (Phi) is 3.32. The third-order valence-corrected chi connectivity index (χ3v) is 8.47. The lowest BCUT2D eigenvalue weighted by molar-refractivity contribution is -0.118. The Hall–Kier alpha value is -1.10. The first-order chi connectivity index (χ1) is 10.9. The smallest absolute Gasteiger partial charge is 0.155 e. The van der Waals surface area contributed by atoms with Crippen molar-refractivity contribution in [1.29, 1.82) is 5.26 Å². The quantitative estimate of drug-likeness (QED) is 0.638. The van der Waals surface area contributed by atoms with E-state index in [-0.39, 0.29) is 16.7 Å². The number of rotatable bonds is 0.